The molecule has 0 N–H and O–H groups in total. The molecule has 0 unspecified atom stereocenters. The van der Waals surface area contributed by atoms with Gasteiger partial charge in [-0.2, -0.15) is 0 Å². The quantitative estimate of drug-likeness (QED) is 0.715. The maximum absolute atomic E-state index is 6.02. The van der Waals surface area contributed by atoms with E-state index in [-0.39, 0.29) is 11.6 Å². The molecule has 1 aliphatic carbocycles. The van der Waals surface area contributed by atoms with E-state index in [0.717, 1.165) is 6.42 Å². The van der Waals surface area contributed by atoms with Crippen molar-refractivity contribution in [3.63, 3.8) is 0 Å². The standard InChI is InChI=1S/C20H29NO/c1-16(2)21(17(3)4)19-12-9-14-20(19,22-5)15-13-18-10-7-6-8-11-18/h6-13,15-17,19H,14H2,1-5H3/b15-13+/t19-,20-/m1/s1. The van der Waals surface area contributed by atoms with Gasteiger partial charge in [-0.25, -0.2) is 0 Å². The first-order valence-corrected chi connectivity index (χ1v) is 8.23. The van der Waals surface area contributed by atoms with Gasteiger partial charge in [0.15, 0.2) is 0 Å². The summed E-state index contributed by atoms with van der Waals surface area (Å²) in [5.41, 5.74) is 0.940. The molecule has 0 bridgehead atoms. The maximum atomic E-state index is 6.02. The lowest BCUT2D eigenvalue weighted by molar-refractivity contribution is -0.0355. The molecule has 2 heteroatoms. The van der Waals surface area contributed by atoms with Crippen LogP contribution in [0.4, 0.5) is 0 Å². The zero-order valence-corrected chi connectivity index (χ0v) is 14.5. The molecule has 2 atom stereocenters. The van der Waals surface area contributed by atoms with Crippen LogP contribution in [-0.4, -0.2) is 35.7 Å². The third-order valence-corrected chi connectivity index (χ3v) is 4.51. The van der Waals surface area contributed by atoms with E-state index in [1.165, 1.54) is 5.56 Å². The number of benzene rings is 1. The van der Waals surface area contributed by atoms with Gasteiger partial charge in [0.05, 0.1) is 6.04 Å². The molecular weight excluding hydrogens is 270 g/mol. The second-order valence-electron chi connectivity index (χ2n) is 6.61. The van der Waals surface area contributed by atoms with Gasteiger partial charge in [-0.15, -0.1) is 0 Å². The maximum Gasteiger partial charge on any atom is 0.109 e. The van der Waals surface area contributed by atoms with Gasteiger partial charge in [0.2, 0.25) is 0 Å². The molecule has 0 amide bonds. The molecule has 1 aromatic rings. The van der Waals surface area contributed by atoms with Crippen LogP contribution in [0.5, 0.6) is 0 Å². The van der Waals surface area contributed by atoms with E-state index >= 15 is 0 Å². The summed E-state index contributed by atoms with van der Waals surface area (Å²) in [6, 6.07) is 11.7. The predicted molar refractivity (Wildman–Crippen MR) is 94.9 cm³/mol. The van der Waals surface area contributed by atoms with E-state index in [1.54, 1.807) is 0 Å². The Labute approximate surface area is 135 Å². The van der Waals surface area contributed by atoms with E-state index < -0.39 is 0 Å². The van der Waals surface area contributed by atoms with Gasteiger partial charge in [-0.05, 0) is 39.7 Å². The number of rotatable bonds is 6. The molecule has 0 aliphatic heterocycles. The van der Waals surface area contributed by atoms with Crippen molar-refractivity contribution in [3.05, 3.63) is 54.1 Å². The molecule has 0 heterocycles. The van der Waals surface area contributed by atoms with Gasteiger partial charge in [-0.1, -0.05) is 54.6 Å². The van der Waals surface area contributed by atoms with E-state index in [1.807, 2.05) is 13.2 Å². The fraction of sp³-hybridized carbons (Fsp3) is 0.500. The number of methoxy groups -OCH3 is 1. The molecule has 0 radical (unpaired) electrons. The summed E-state index contributed by atoms with van der Waals surface area (Å²) >= 11 is 0. The van der Waals surface area contributed by atoms with E-state index in [2.05, 4.69) is 81.2 Å². The molecular formula is C20H29NO. The molecule has 22 heavy (non-hydrogen) atoms. The number of hydrogen-bond donors (Lipinski definition) is 0. The van der Waals surface area contributed by atoms with E-state index in [9.17, 15) is 0 Å². The number of hydrogen-bond acceptors (Lipinski definition) is 2. The van der Waals surface area contributed by atoms with Crippen molar-refractivity contribution in [3.8, 4) is 0 Å². The van der Waals surface area contributed by atoms with Crippen molar-refractivity contribution in [1.29, 1.82) is 0 Å². The first-order valence-electron chi connectivity index (χ1n) is 8.23. The van der Waals surface area contributed by atoms with Gasteiger partial charge in [-0.3, -0.25) is 4.90 Å². The monoisotopic (exact) mass is 299 g/mol. The fourth-order valence-corrected chi connectivity index (χ4v) is 3.50. The smallest absolute Gasteiger partial charge is 0.109 e. The molecule has 2 nitrogen and oxygen atoms in total. The second-order valence-corrected chi connectivity index (χ2v) is 6.61. The molecule has 0 saturated heterocycles. The first-order chi connectivity index (χ1) is 10.5. The largest absolute Gasteiger partial charge is 0.372 e. The van der Waals surface area contributed by atoms with Crippen molar-refractivity contribution in [2.24, 2.45) is 0 Å². The summed E-state index contributed by atoms with van der Waals surface area (Å²) in [7, 11) is 1.83. The Morgan fingerprint density at radius 2 is 1.77 bits per heavy atom. The zero-order valence-electron chi connectivity index (χ0n) is 14.5. The van der Waals surface area contributed by atoms with Crippen LogP contribution in [0, 0.1) is 0 Å². The van der Waals surface area contributed by atoms with Gasteiger partial charge in [0.1, 0.15) is 5.60 Å². The summed E-state index contributed by atoms with van der Waals surface area (Å²) in [6.07, 6.45) is 9.90. The normalized spacial score (nSPS) is 25.2. The zero-order chi connectivity index (χ0) is 16.2. The minimum Gasteiger partial charge on any atom is -0.372 e. The number of nitrogens with zero attached hydrogens (tertiary/aromatic N) is 1. The van der Waals surface area contributed by atoms with E-state index in [0.29, 0.717) is 12.1 Å². The highest BCUT2D eigenvalue weighted by Gasteiger charge is 2.42. The molecule has 1 aromatic carbocycles. The summed E-state index contributed by atoms with van der Waals surface area (Å²) < 4.78 is 6.02. The van der Waals surface area contributed by atoms with Gasteiger partial charge in [0, 0.05) is 19.2 Å². The molecule has 0 fully saturated rings. The Balaban J connectivity index is 2.29. The summed E-state index contributed by atoms with van der Waals surface area (Å²) in [5, 5.41) is 0. The fourth-order valence-electron chi connectivity index (χ4n) is 3.50. The Kier molecular flexibility index (Phi) is 5.60. The van der Waals surface area contributed by atoms with Crippen LogP contribution in [0.25, 0.3) is 6.08 Å². The number of ether oxygens (including phenoxy) is 1. The minimum atomic E-state index is -0.273. The van der Waals surface area contributed by atoms with Crippen molar-refractivity contribution < 1.29 is 4.74 Å². The average Bonchev–Trinajstić information content (AvgIpc) is 2.90. The third kappa shape index (κ3) is 3.50. The van der Waals surface area contributed by atoms with Crippen molar-refractivity contribution in [2.75, 3.05) is 7.11 Å². The van der Waals surface area contributed by atoms with Crippen molar-refractivity contribution in [1.82, 2.24) is 4.90 Å². The van der Waals surface area contributed by atoms with Crippen molar-refractivity contribution in [2.45, 2.75) is 57.8 Å². The SMILES string of the molecule is CO[C@@]1(/C=C/c2ccccc2)CC=C[C@H]1N(C(C)C)C(C)C. The Bertz CT molecular complexity index is 510. The molecule has 0 aromatic heterocycles. The Morgan fingerprint density at radius 1 is 1.14 bits per heavy atom. The Hall–Kier alpha value is -1.38. The first kappa shape index (κ1) is 17.0. The molecule has 120 valence electrons. The Morgan fingerprint density at radius 3 is 2.32 bits per heavy atom. The van der Waals surface area contributed by atoms with E-state index in [4.69, 9.17) is 4.74 Å². The van der Waals surface area contributed by atoms with Crippen LogP contribution in [0.2, 0.25) is 0 Å². The highest BCUT2D eigenvalue weighted by atomic mass is 16.5. The van der Waals surface area contributed by atoms with Crippen LogP contribution in [0.1, 0.15) is 39.7 Å². The van der Waals surface area contributed by atoms with Crippen LogP contribution in [0.3, 0.4) is 0 Å². The summed E-state index contributed by atoms with van der Waals surface area (Å²) in [4.78, 5) is 2.53. The lowest BCUT2D eigenvalue weighted by Crippen LogP contribution is -2.54. The molecule has 2 rings (SSSR count). The van der Waals surface area contributed by atoms with Crippen LogP contribution in [-0.2, 0) is 4.74 Å². The topological polar surface area (TPSA) is 12.5 Å². The summed E-state index contributed by atoms with van der Waals surface area (Å²) in [6.45, 7) is 9.03. The van der Waals surface area contributed by atoms with Crippen LogP contribution < -0.4 is 0 Å². The van der Waals surface area contributed by atoms with Gasteiger partial charge < -0.3 is 4.74 Å². The molecule has 0 saturated carbocycles. The third-order valence-electron chi connectivity index (χ3n) is 4.51. The summed E-state index contributed by atoms with van der Waals surface area (Å²) in [5.74, 6) is 0. The lowest BCUT2D eigenvalue weighted by atomic mass is 9.91. The lowest BCUT2D eigenvalue weighted by Gasteiger charge is -2.43. The van der Waals surface area contributed by atoms with Crippen molar-refractivity contribution >= 4 is 6.08 Å². The second kappa shape index (κ2) is 7.26. The van der Waals surface area contributed by atoms with Crippen LogP contribution >= 0.6 is 0 Å². The molecule has 1 aliphatic rings. The predicted octanol–water partition coefficient (Wildman–Crippen LogP) is 4.53. The highest BCUT2D eigenvalue weighted by Crippen LogP contribution is 2.35. The molecule has 0 spiro atoms. The minimum absolute atomic E-state index is 0.273. The van der Waals surface area contributed by atoms with Gasteiger partial charge in [0.25, 0.3) is 0 Å². The van der Waals surface area contributed by atoms with Gasteiger partial charge >= 0.3 is 0 Å². The highest BCUT2D eigenvalue weighted by molar-refractivity contribution is 5.51. The van der Waals surface area contributed by atoms with Crippen LogP contribution in [0.15, 0.2) is 48.6 Å². The average molecular weight is 299 g/mol.